The third-order valence-corrected chi connectivity index (χ3v) is 5.60. The molecule has 1 saturated carbocycles. The van der Waals surface area contributed by atoms with Crippen LogP contribution in [0.1, 0.15) is 48.9 Å². The third-order valence-electron chi connectivity index (χ3n) is 5.60. The molecule has 3 rings (SSSR count). The van der Waals surface area contributed by atoms with Gasteiger partial charge in [-0.2, -0.15) is 0 Å². The number of hydrogen-bond acceptors (Lipinski definition) is 4. The molecule has 1 aliphatic carbocycles. The van der Waals surface area contributed by atoms with Gasteiger partial charge in [-0.05, 0) is 49.1 Å². The molecule has 3 N–H and O–H groups in total. The molecule has 2 amide bonds. The normalized spacial score (nSPS) is 19.8. The second-order valence-corrected chi connectivity index (χ2v) is 7.47. The van der Waals surface area contributed by atoms with Crippen molar-refractivity contribution in [1.82, 2.24) is 4.90 Å². The topological polar surface area (TPSA) is 84.7 Å². The predicted octanol–water partition coefficient (Wildman–Crippen LogP) is 2.40. The SMILES string of the molecule is NCC1(CC(=O)Nc2ccc(C(=O)N3CCOCC3)cc2)CCCCC1. The second kappa shape index (κ2) is 8.64. The van der Waals surface area contributed by atoms with E-state index in [1.807, 2.05) is 0 Å². The maximum Gasteiger partial charge on any atom is 0.254 e. The monoisotopic (exact) mass is 359 g/mol. The molecule has 2 fully saturated rings. The summed E-state index contributed by atoms with van der Waals surface area (Å²) in [5.74, 6) is 0.0140. The zero-order valence-corrected chi connectivity index (χ0v) is 15.3. The first-order valence-electron chi connectivity index (χ1n) is 9.59. The molecule has 1 heterocycles. The molecule has 0 spiro atoms. The fraction of sp³-hybridized carbons (Fsp3) is 0.600. The average Bonchev–Trinajstić information content (AvgIpc) is 2.69. The minimum absolute atomic E-state index is 0.00426. The summed E-state index contributed by atoms with van der Waals surface area (Å²) in [4.78, 5) is 26.7. The van der Waals surface area contributed by atoms with Crippen LogP contribution in [0.15, 0.2) is 24.3 Å². The van der Waals surface area contributed by atoms with Crippen LogP contribution < -0.4 is 11.1 Å². The molecule has 0 aromatic heterocycles. The largest absolute Gasteiger partial charge is 0.378 e. The van der Waals surface area contributed by atoms with Crippen LogP contribution in [-0.4, -0.2) is 49.6 Å². The summed E-state index contributed by atoms with van der Waals surface area (Å²) in [6, 6.07) is 7.13. The van der Waals surface area contributed by atoms with Gasteiger partial charge in [0.05, 0.1) is 13.2 Å². The van der Waals surface area contributed by atoms with Gasteiger partial charge in [-0.15, -0.1) is 0 Å². The standard InChI is InChI=1S/C20H29N3O3/c21-15-20(8-2-1-3-9-20)14-18(24)22-17-6-4-16(5-7-17)19(25)23-10-12-26-13-11-23/h4-7H,1-3,8-15,21H2,(H,22,24). The number of nitrogens with one attached hydrogen (secondary N) is 1. The Bertz CT molecular complexity index is 618. The number of carbonyl (C=O) groups excluding carboxylic acids is 2. The molecular weight excluding hydrogens is 330 g/mol. The van der Waals surface area contributed by atoms with Gasteiger partial charge in [0.1, 0.15) is 0 Å². The number of nitrogens with zero attached hydrogens (tertiary/aromatic N) is 1. The van der Waals surface area contributed by atoms with Crippen LogP contribution in [0.2, 0.25) is 0 Å². The van der Waals surface area contributed by atoms with Crippen LogP contribution in [0.3, 0.4) is 0 Å². The molecule has 6 heteroatoms. The first-order chi connectivity index (χ1) is 12.6. The number of hydrogen-bond donors (Lipinski definition) is 2. The Labute approximate surface area is 155 Å². The van der Waals surface area contributed by atoms with Crippen LogP contribution in [0.25, 0.3) is 0 Å². The van der Waals surface area contributed by atoms with E-state index in [9.17, 15) is 9.59 Å². The highest BCUT2D eigenvalue weighted by Crippen LogP contribution is 2.38. The molecule has 1 aliphatic heterocycles. The molecule has 26 heavy (non-hydrogen) atoms. The number of benzene rings is 1. The van der Waals surface area contributed by atoms with Crippen molar-refractivity contribution in [1.29, 1.82) is 0 Å². The minimum atomic E-state index is -0.0471. The van der Waals surface area contributed by atoms with Gasteiger partial charge in [-0.1, -0.05) is 19.3 Å². The van der Waals surface area contributed by atoms with E-state index >= 15 is 0 Å². The molecule has 0 radical (unpaired) electrons. The summed E-state index contributed by atoms with van der Waals surface area (Å²) in [5.41, 5.74) is 7.28. The van der Waals surface area contributed by atoms with E-state index in [-0.39, 0.29) is 17.2 Å². The lowest BCUT2D eigenvalue weighted by Gasteiger charge is -2.35. The Kier molecular flexibility index (Phi) is 6.27. The lowest BCUT2D eigenvalue weighted by Crippen LogP contribution is -2.40. The van der Waals surface area contributed by atoms with Crippen molar-refractivity contribution >= 4 is 17.5 Å². The van der Waals surface area contributed by atoms with Crippen molar-refractivity contribution in [2.45, 2.75) is 38.5 Å². The van der Waals surface area contributed by atoms with Crippen molar-refractivity contribution in [3.63, 3.8) is 0 Å². The molecule has 1 aromatic rings. The Balaban J connectivity index is 1.56. The van der Waals surface area contributed by atoms with E-state index < -0.39 is 0 Å². The molecule has 2 aliphatic rings. The lowest BCUT2D eigenvalue weighted by atomic mass is 9.71. The number of carbonyl (C=O) groups is 2. The van der Waals surface area contributed by atoms with Crippen molar-refractivity contribution in [2.24, 2.45) is 11.1 Å². The van der Waals surface area contributed by atoms with Crippen molar-refractivity contribution < 1.29 is 14.3 Å². The van der Waals surface area contributed by atoms with Crippen LogP contribution in [0, 0.1) is 5.41 Å². The molecule has 0 bridgehead atoms. The summed E-state index contributed by atoms with van der Waals surface area (Å²) in [5, 5.41) is 2.95. The molecule has 1 aromatic carbocycles. The maximum absolute atomic E-state index is 12.5. The van der Waals surface area contributed by atoms with Gasteiger partial charge in [0, 0.05) is 30.8 Å². The van der Waals surface area contributed by atoms with Crippen LogP contribution in [-0.2, 0) is 9.53 Å². The van der Waals surface area contributed by atoms with Gasteiger partial charge >= 0.3 is 0 Å². The lowest BCUT2D eigenvalue weighted by molar-refractivity contribution is -0.118. The number of rotatable bonds is 5. The van der Waals surface area contributed by atoms with Gasteiger partial charge in [-0.3, -0.25) is 9.59 Å². The number of anilines is 1. The van der Waals surface area contributed by atoms with E-state index in [2.05, 4.69) is 5.32 Å². The molecule has 6 nitrogen and oxygen atoms in total. The number of amides is 2. The highest BCUT2D eigenvalue weighted by Gasteiger charge is 2.33. The summed E-state index contributed by atoms with van der Waals surface area (Å²) in [6.45, 7) is 2.98. The highest BCUT2D eigenvalue weighted by atomic mass is 16.5. The fourth-order valence-electron chi connectivity index (χ4n) is 3.95. The van der Waals surface area contributed by atoms with Gasteiger partial charge < -0.3 is 20.7 Å². The Morgan fingerprint density at radius 2 is 1.73 bits per heavy atom. The van der Waals surface area contributed by atoms with Gasteiger partial charge in [0.2, 0.25) is 5.91 Å². The van der Waals surface area contributed by atoms with Crippen LogP contribution in [0.5, 0.6) is 0 Å². The van der Waals surface area contributed by atoms with E-state index in [1.165, 1.54) is 6.42 Å². The van der Waals surface area contributed by atoms with Crippen LogP contribution >= 0.6 is 0 Å². The number of nitrogens with two attached hydrogens (primary N) is 1. The maximum atomic E-state index is 12.5. The highest BCUT2D eigenvalue weighted by molar-refractivity contribution is 5.96. The summed E-state index contributed by atoms with van der Waals surface area (Å²) in [6.07, 6.45) is 6.08. The number of ether oxygens (including phenoxy) is 1. The van der Waals surface area contributed by atoms with Crippen molar-refractivity contribution in [2.75, 3.05) is 38.2 Å². The Hall–Kier alpha value is -1.92. The Morgan fingerprint density at radius 3 is 2.35 bits per heavy atom. The molecule has 142 valence electrons. The summed E-state index contributed by atoms with van der Waals surface area (Å²) in [7, 11) is 0. The van der Waals surface area contributed by atoms with Crippen molar-refractivity contribution in [3.05, 3.63) is 29.8 Å². The predicted molar refractivity (Wildman–Crippen MR) is 101 cm³/mol. The smallest absolute Gasteiger partial charge is 0.254 e. The van der Waals surface area contributed by atoms with Gasteiger partial charge in [-0.25, -0.2) is 0 Å². The first kappa shape index (κ1) is 18.9. The second-order valence-electron chi connectivity index (χ2n) is 7.47. The minimum Gasteiger partial charge on any atom is -0.378 e. The van der Waals surface area contributed by atoms with E-state index in [4.69, 9.17) is 10.5 Å². The Morgan fingerprint density at radius 1 is 1.08 bits per heavy atom. The van der Waals surface area contributed by atoms with E-state index in [0.717, 1.165) is 31.4 Å². The van der Waals surface area contributed by atoms with Crippen LogP contribution in [0.4, 0.5) is 5.69 Å². The van der Waals surface area contributed by atoms with Gasteiger partial charge in [0.25, 0.3) is 5.91 Å². The molecule has 1 saturated heterocycles. The quantitative estimate of drug-likeness (QED) is 0.845. The third kappa shape index (κ3) is 4.62. The van der Waals surface area contributed by atoms with Gasteiger partial charge in [0.15, 0.2) is 0 Å². The number of morpholine rings is 1. The molecular formula is C20H29N3O3. The first-order valence-corrected chi connectivity index (χ1v) is 9.59. The average molecular weight is 359 g/mol. The van der Waals surface area contributed by atoms with Crippen molar-refractivity contribution in [3.8, 4) is 0 Å². The zero-order valence-electron chi connectivity index (χ0n) is 15.3. The molecule has 0 unspecified atom stereocenters. The fourth-order valence-corrected chi connectivity index (χ4v) is 3.95. The van der Waals surface area contributed by atoms with E-state index in [1.54, 1.807) is 29.2 Å². The van der Waals surface area contributed by atoms with E-state index in [0.29, 0.717) is 44.8 Å². The molecule has 0 atom stereocenters. The summed E-state index contributed by atoms with van der Waals surface area (Å²) >= 11 is 0. The zero-order chi connectivity index (χ0) is 18.4. The summed E-state index contributed by atoms with van der Waals surface area (Å²) < 4.78 is 5.28.